The van der Waals surface area contributed by atoms with Crippen molar-refractivity contribution >= 4 is 5.91 Å². The smallest absolute Gasteiger partial charge is 0.223 e. The summed E-state index contributed by atoms with van der Waals surface area (Å²) in [5, 5.41) is 0. The Balaban J connectivity index is 1.66. The highest BCUT2D eigenvalue weighted by Crippen LogP contribution is 2.25. The van der Waals surface area contributed by atoms with Crippen LogP contribution in [0.2, 0.25) is 0 Å². The highest BCUT2D eigenvalue weighted by atomic mass is 16.5. The van der Waals surface area contributed by atoms with Crippen molar-refractivity contribution in [1.29, 1.82) is 0 Å². The molecule has 0 radical (unpaired) electrons. The monoisotopic (exact) mass is 338 g/mol. The minimum atomic E-state index is 0.0765. The number of H-pyrrole nitrogens is 1. The van der Waals surface area contributed by atoms with E-state index in [0.29, 0.717) is 13.0 Å². The molecule has 4 nitrogen and oxygen atoms in total. The SMILES string of the molecule is C=CCO[C@@H]1CCN(C(=O)CCc2ccc[nH]2)[C@H]1Cc1ccccc1. The summed E-state index contributed by atoms with van der Waals surface area (Å²) < 4.78 is 5.95. The number of nitrogens with zero attached hydrogens (tertiary/aromatic N) is 1. The highest BCUT2D eigenvalue weighted by Gasteiger charge is 2.37. The topological polar surface area (TPSA) is 45.3 Å². The van der Waals surface area contributed by atoms with E-state index in [1.807, 2.05) is 41.4 Å². The number of hydrogen-bond donors (Lipinski definition) is 1. The molecule has 1 saturated heterocycles. The number of benzene rings is 1. The standard InChI is InChI=1S/C21H26N2O2/c1-2-15-25-20-12-14-23(19(20)16-17-7-4-3-5-8-17)21(24)11-10-18-9-6-13-22-18/h2-9,13,19-20,22H,1,10-12,14-16H2/t19-,20+/m0/s1. The van der Waals surface area contributed by atoms with E-state index in [9.17, 15) is 4.79 Å². The summed E-state index contributed by atoms with van der Waals surface area (Å²) >= 11 is 0. The fraction of sp³-hybridized carbons (Fsp3) is 0.381. The summed E-state index contributed by atoms with van der Waals surface area (Å²) in [7, 11) is 0. The highest BCUT2D eigenvalue weighted by molar-refractivity contribution is 5.77. The third kappa shape index (κ3) is 4.60. The number of likely N-dealkylation sites (tertiary alicyclic amines) is 1. The van der Waals surface area contributed by atoms with Crippen molar-refractivity contribution in [2.75, 3.05) is 13.2 Å². The van der Waals surface area contributed by atoms with Gasteiger partial charge in [0.15, 0.2) is 0 Å². The first-order valence-corrected chi connectivity index (χ1v) is 8.96. The van der Waals surface area contributed by atoms with Crippen LogP contribution in [-0.4, -0.2) is 41.1 Å². The van der Waals surface area contributed by atoms with Crippen LogP contribution < -0.4 is 0 Å². The molecule has 1 N–H and O–H groups in total. The summed E-state index contributed by atoms with van der Waals surface area (Å²) in [5.41, 5.74) is 2.34. The summed E-state index contributed by atoms with van der Waals surface area (Å²) in [5.74, 6) is 0.209. The van der Waals surface area contributed by atoms with E-state index >= 15 is 0 Å². The van der Waals surface area contributed by atoms with Crippen molar-refractivity contribution in [1.82, 2.24) is 9.88 Å². The van der Waals surface area contributed by atoms with Gasteiger partial charge in [-0.3, -0.25) is 4.79 Å². The number of nitrogens with one attached hydrogen (secondary N) is 1. The van der Waals surface area contributed by atoms with Crippen LogP contribution in [0.4, 0.5) is 0 Å². The Morgan fingerprint density at radius 1 is 1.28 bits per heavy atom. The molecule has 25 heavy (non-hydrogen) atoms. The molecule has 1 aliphatic heterocycles. The quantitative estimate of drug-likeness (QED) is 0.750. The number of aromatic nitrogens is 1. The molecular formula is C21H26N2O2. The lowest BCUT2D eigenvalue weighted by atomic mass is 10.0. The normalized spacial score (nSPS) is 19.9. The number of aryl methyl sites for hydroxylation is 1. The molecule has 1 aromatic carbocycles. The van der Waals surface area contributed by atoms with Gasteiger partial charge in [0.1, 0.15) is 0 Å². The Labute approximate surface area is 149 Å². The average Bonchev–Trinajstić information content (AvgIpc) is 3.29. The van der Waals surface area contributed by atoms with Crippen molar-refractivity contribution in [2.24, 2.45) is 0 Å². The molecule has 132 valence electrons. The molecule has 2 aromatic rings. The van der Waals surface area contributed by atoms with Gasteiger partial charge in [-0.15, -0.1) is 6.58 Å². The minimum absolute atomic E-state index is 0.0765. The molecule has 0 bridgehead atoms. The predicted octanol–water partition coefficient (Wildman–Crippen LogP) is 3.36. The van der Waals surface area contributed by atoms with Crippen LogP contribution >= 0.6 is 0 Å². The lowest BCUT2D eigenvalue weighted by Gasteiger charge is -2.28. The lowest BCUT2D eigenvalue weighted by molar-refractivity contribution is -0.133. The third-order valence-corrected chi connectivity index (χ3v) is 4.79. The van der Waals surface area contributed by atoms with Gasteiger partial charge in [0.2, 0.25) is 5.91 Å². The zero-order valence-corrected chi connectivity index (χ0v) is 14.6. The van der Waals surface area contributed by atoms with Gasteiger partial charge in [0, 0.05) is 24.9 Å². The van der Waals surface area contributed by atoms with Gasteiger partial charge < -0.3 is 14.6 Å². The van der Waals surface area contributed by atoms with Crippen LogP contribution in [0.5, 0.6) is 0 Å². The van der Waals surface area contributed by atoms with Crippen molar-refractivity contribution in [3.63, 3.8) is 0 Å². The average molecular weight is 338 g/mol. The maximum Gasteiger partial charge on any atom is 0.223 e. The molecule has 0 aliphatic carbocycles. The Morgan fingerprint density at radius 3 is 2.84 bits per heavy atom. The van der Waals surface area contributed by atoms with Gasteiger partial charge in [-0.2, -0.15) is 0 Å². The van der Waals surface area contributed by atoms with Crippen molar-refractivity contribution < 1.29 is 9.53 Å². The number of ether oxygens (including phenoxy) is 1. The van der Waals surface area contributed by atoms with Gasteiger partial charge in [-0.1, -0.05) is 36.4 Å². The number of amides is 1. The second kappa shape index (κ2) is 8.67. The Morgan fingerprint density at radius 2 is 2.12 bits per heavy atom. The Bertz CT molecular complexity index is 666. The Kier molecular flexibility index (Phi) is 6.07. The van der Waals surface area contributed by atoms with Gasteiger partial charge in [0.25, 0.3) is 0 Å². The second-order valence-electron chi connectivity index (χ2n) is 6.49. The molecule has 0 saturated carbocycles. The lowest BCUT2D eigenvalue weighted by Crippen LogP contribution is -2.42. The van der Waals surface area contributed by atoms with Crippen LogP contribution in [-0.2, 0) is 22.4 Å². The maximum absolute atomic E-state index is 12.8. The molecule has 0 spiro atoms. The van der Waals surface area contributed by atoms with Crippen LogP contribution in [0, 0.1) is 0 Å². The summed E-state index contributed by atoms with van der Waals surface area (Å²) in [4.78, 5) is 18.0. The first-order chi connectivity index (χ1) is 12.3. The second-order valence-corrected chi connectivity index (χ2v) is 6.49. The van der Waals surface area contributed by atoms with Gasteiger partial charge >= 0.3 is 0 Å². The van der Waals surface area contributed by atoms with Crippen LogP contribution in [0.3, 0.4) is 0 Å². The van der Waals surface area contributed by atoms with E-state index in [4.69, 9.17) is 4.74 Å². The van der Waals surface area contributed by atoms with E-state index in [2.05, 4.69) is 23.7 Å². The molecule has 2 atom stereocenters. The fourth-order valence-corrected chi connectivity index (χ4v) is 3.53. The number of hydrogen-bond acceptors (Lipinski definition) is 2. The van der Waals surface area contributed by atoms with Crippen molar-refractivity contribution in [2.45, 2.75) is 37.8 Å². The summed E-state index contributed by atoms with van der Waals surface area (Å²) in [6.07, 6.45) is 6.74. The van der Waals surface area contributed by atoms with Crippen LogP contribution in [0.15, 0.2) is 61.3 Å². The van der Waals surface area contributed by atoms with E-state index < -0.39 is 0 Å². The predicted molar refractivity (Wildman–Crippen MR) is 99.3 cm³/mol. The first-order valence-electron chi connectivity index (χ1n) is 8.96. The van der Waals surface area contributed by atoms with E-state index in [-0.39, 0.29) is 18.1 Å². The zero-order valence-electron chi connectivity index (χ0n) is 14.6. The minimum Gasteiger partial charge on any atom is -0.372 e. The molecule has 3 rings (SSSR count). The number of carbonyl (C=O) groups excluding carboxylic acids is 1. The Hall–Kier alpha value is -2.33. The van der Waals surface area contributed by atoms with Crippen molar-refractivity contribution in [3.05, 3.63) is 72.6 Å². The molecule has 0 unspecified atom stereocenters. The molecule has 1 amide bonds. The molecule has 1 aliphatic rings. The molecule has 1 fully saturated rings. The van der Waals surface area contributed by atoms with E-state index in [1.54, 1.807) is 6.08 Å². The largest absolute Gasteiger partial charge is 0.372 e. The van der Waals surface area contributed by atoms with Gasteiger partial charge in [0.05, 0.1) is 18.8 Å². The van der Waals surface area contributed by atoms with E-state index in [0.717, 1.165) is 31.5 Å². The van der Waals surface area contributed by atoms with Crippen LogP contribution in [0.25, 0.3) is 0 Å². The molecular weight excluding hydrogens is 312 g/mol. The number of aromatic amines is 1. The number of rotatable bonds is 8. The van der Waals surface area contributed by atoms with Crippen molar-refractivity contribution in [3.8, 4) is 0 Å². The van der Waals surface area contributed by atoms with Crippen LogP contribution in [0.1, 0.15) is 24.1 Å². The molecule has 4 heteroatoms. The number of carbonyl (C=O) groups is 1. The van der Waals surface area contributed by atoms with Gasteiger partial charge in [-0.25, -0.2) is 0 Å². The zero-order chi connectivity index (χ0) is 17.5. The summed E-state index contributed by atoms with van der Waals surface area (Å²) in [6, 6.07) is 14.4. The fourth-order valence-electron chi connectivity index (χ4n) is 3.53. The molecule has 2 heterocycles. The summed E-state index contributed by atoms with van der Waals surface area (Å²) in [6.45, 7) is 5.03. The third-order valence-electron chi connectivity index (χ3n) is 4.79. The van der Waals surface area contributed by atoms with Gasteiger partial charge in [-0.05, 0) is 37.0 Å². The first kappa shape index (κ1) is 17.5. The molecule has 1 aromatic heterocycles. The maximum atomic E-state index is 12.8. The van der Waals surface area contributed by atoms with E-state index in [1.165, 1.54) is 5.56 Å².